The second-order valence-electron chi connectivity index (χ2n) is 4.36. The lowest BCUT2D eigenvalue weighted by Crippen LogP contribution is -2.16. The molecule has 1 N–H and O–H groups in total. The Morgan fingerprint density at radius 3 is 2.74 bits per heavy atom. The highest BCUT2D eigenvalue weighted by atomic mass is 16.5. The van der Waals surface area contributed by atoms with Crippen LogP contribution in [0.2, 0.25) is 0 Å². The first kappa shape index (κ1) is 13.2. The van der Waals surface area contributed by atoms with Crippen LogP contribution in [0.3, 0.4) is 0 Å². The van der Waals surface area contributed by atoms with Gasteiger partial charge in [-0.3, -0.25) is 0 Å². The number of anilines is 2. The van der Waals surface area contributed by atoms with Crippen LogP contribution in [0.25, 0.3) is 0 Å². The predicted octanol–water partition coefficient (Wildman–Crippen LogP) is 2.77. The van der Waals surface area contributed by atoms with Gasteiger partial charge in [0, 0.05) is 38.6 Å². The maximum Gasteiger partial charge on any atom is 0.125 e. The maximum absolute atomic E-state index is 5.24. The Morgan fingerprint density at radius 2 is 2.11 bits per heavy atom. The van der Waals surface area contributed by atoms with Crippen molar-refractivity contribution in [2.75, 3.05) is 31.4 Å². The second-order valence-corrected chi connectivity index (χ2v) is 4.36. The molecule has 0 radical (unpaired) electrons. The summed E-state index contributed by atoms with van der Waals surface area (Å²) in [5.74, 6) is 1.75. The van der Waals surface area contributed by atoms with Gasteiger partial charge in [-0.05, 0) is 23.8 Å². The van der Waals surface area contributed by atoms with Gasteiger partial charge in [0.15, 0.2) is 0 Å². The van der Waals surface area contributed by atoms with Gasteiger partial charge in [-0.15, -0.1) is 0 Å². The van der Waals surface area contributed by atoms with Crippen molar-refractivity contribution >= 4 is 11.5 Å². The van der Waals surface area contributed by atoms with Gasteiger partial charge in [-0.2, -0.15) is 0 Å². The number of rotatable bonds is 5. The molecule has 100 valence electrons. The van der Waals surface area contributed by atoms with E-state index in [1.54, 1.807) is 7.11 Å². The van der Waals surface area contributed by atoms with Crippen LogP contribution in [0, 0.1) is 0 Å². The van der Waals surface area contributed by atoms with Crippen molar-refractivity contribution in [2.24, 2.45) is 0 Å². The van der Waals surface area contributed by atoms with Gasteiger partial charge in [-0.25, -0.2) is 4.98 Å². The summed E-state index contributed by atoms with van der Waals surface area (Å²) in [6.07, 6.45) is 1.89. The van der Waals surface area contributed by atoms with E-state index in [0.717, 1.165) is 23.8 Å². The van der Waals surface area contributed by atoms with Crippen LogP contribution < -0.4 is 15.0 Å². The highest BCUT2D eigenvalue weighted by Gasteiger charge is 2.04. The molecule has 0 spiro atoms. The molecule has 1 heterocycles. The van der Waals surface area contributed by atoms with Crippen molar-refractivity contribution in [3.8, 4) is 5.75 Å². The average Bonchev–Trinajstić information content (AvgIpc) is 2.48. The Labute approximate surface area is 114 Å². The molecule has 1 aromatic heterocycles. The lowest BCUT2D eigenvalue weighted by molar-refractivity contribution is 0.415. The first-order valence-corrected chi connectivity index (χ1v) is 6.21. The van der Waals surface area contributed by atoms with E-state index >= 15 is 0 Å². The number of hydrogen-bond acceptors (Lipinski definition) is 4. The van der Waals surface area contributed by atoms with Gasteiger partial charge in [0.25, 0.3) is 0 Å². The van der Waals surface area contributed by atoms with Gasteiger partial charge in [0.1, 0.15) is 11.6 Å². The summed E-state index contributed by atoms with van der Waals surface area (Å²) in [4.78, 5) is 6.48. The number of pyridine rings is 1. The van der Waals surface area contributed by atoms with E-state index in [2.05, 4.69) is 34.4 Å². The van der Waals surface area contributed by atoms with Gasteiger partial charge in [-0.1, -0.05) is 12.1 Å². The molecule has 19 heavy (non-hydrogen) atoms. The molecule has 0 aliphatic carbocycles. The Balaban J connectivity index is 2.08. The second kappa shape index (κ2) is 6.09. The van der Waals surface area contributed by atoms with E-state index in [9.17, 15) is 0 Å². The van der Waals surface area contributed by atoms with Crippen LogP contribution in [0.5, 0.6) is 5.75 Å². The summed E-state index contributed by atoms with van der Waals surface area (Å²) in [5, 5.41) is 3.01. The van der Waals surface area contributed by atoms with Gasteiger partial charge < -0.3 is 15.0 Å². The summed E-state index contributed by atoms with van der Waals surface area (Å²) in [6, 6.07) is 12.1. The quantitative estimate of drug-likeness (QED) is 0.893. The molecule has 0 amide bonds. The predicted molar refractivity (Wildman–Crippen MR) is 78.9 cm³/mol. The standard InChI is InChI=1S/C15H19N3O/c1-16-15-8-7-12(10-17-15)11-18(2)13-5-4-6-14(9-13)19-3/h4-10H,11H2,1-3H3,(H,16,17). The van der Waals surface area contributed by atoms with Crippen molar-refractivity contribution in [2.45, 2.75) is 6.54 Å². The number of benzene rings is 1. The molecule has 2 aromatic rings. The monoisotopic (exact) mass is 257 g/mol. The minimum absolute atomic E-state index is 0.810. The minimum Gasteiger partial charge on any atom is -0.497 e. The fraction of sp³-hybridized carbons (Fsp3) is 0.267. The molecule has 0 saturated carbocycles. The molecule has 0 atom stereocenters. The highest BCUT2D eigenvalue weighted by Crippen LogP contribution is 2.21. The largest absolute Gasteiger partial charge is 0.497 e. The van der Waals surface area contributed by atoms with Crippen LogP contribution in [-0.2, 0) is 6.54 Å². The summed E-state index contributed by atoms with van der Waals surface area (Å²) in [5.41, 5.74) is 2.29. The third-order valence-corrected chi connectivity index (χ3v) is 2.99. The van der Waals surface area contributed by atoms with E-state index in [4.69, 9.17) is 4.74 Å². The molecule has 0 bridgehead atoms. The van der Waals surface area contributed by atoms with Gasteiger partial charge >= 0.3 is 0 Å². The average molecular weight is 257 g/mol. The highest BCUT2D eigenvalue weighted by molar-refractivity contribution is 5.50. The zero-order chi connectivity index (χ0) is 13.7. The van der Waals surface area contributed by atoms with Crippen molar-refractivity contribution in [1.82, 2.24) is 4.98 Å². The van der Waals surface area contributed by atoms with E-state index in [1.165, 1.54) is 5.56 Å². The Kier molecular flexibility index (Phi) is 4.23. The Morgan fingerprint density at radius 1 is 1.26 bits per heavy atom. The summed E-state index contributed by atoms with van der Waals surface area (Å²) >= 11 is 0. The minimum atomic E-state index is 0.810. The molecule has 0 unspecified atom stereocenters. The summed E-state index contributed by atoms with van der Waals surface area (Å²) < 4.78 is 5.24. The normalized spacial score (nSPS) is 10.1. The van der Waals surface area contributed by atoms with Crippen LogP contribution in [-0.4, -0.2) is 26.2 Å². The SMILES string of the molecule is CNc1ccc(CN(C)c2cccc(OC)c2)cn1. The Hall–Kier alpha value is -2.23. The topological polar surface area (TPSA) is 37.4 Å². The Bertz CT molecular complexity index is 525. The lowest BCUT2D eigenvalue weighted by atomic mass is 10.2. The number of hydrogen-bond donors (Lipinski definition) is 1. The van der Waals surface area contributed by atoms with Gasteiger partial charge in [0.05, 0.1) is 7.11 Å². The van der Waals surface area contributed by atoms with E-state index in [-0.39, 0.29) is 0 Å². The first-order valence-electron chi connectivity index (χ1n) is 6.21. The number of ether oxygens (including phenoxy) is 1. The van der Waals surface area contributed by atoms with Crippen molar-refractivity contribution in [3.63, 3.8) is 0 Å². The molecule has 0 fully saturated rings. The molecule has 4 heteroatoms. The zero-order valence-corrected chi connectivity index (χ0v) is 11.6. The maximum atomic E-state index is 5.24. The number of aromatic nitrogens is 1. The van der Waals surface area contributed by atoms with Crippen molar-refractivity contribution in [3.05, 3.63) is 48.2 Å². The van der Waals surface area contributed by atoms with E-state index in [0.29, 0.717) is 0 Å². The number of nitrogens with zero attached hydrogens (tertiary/aromatic N) is 2. The van der Waals surface area contributed by atoms with Crippen molar-refractivity contribution in [1.29, 1.82) is 0 Å². The molecule has 0 aliphatic heterocycles. The molecule has 0 saturated heterocycles. The van der Waals surface area contributed by atoms with E-state index < -0.39 is 0 Å². The smallest absolute Gasteiger partial charge is 0.125 e. The number of nitrogens with one attached hydrogen (secondary N) is 1. The van der Waals surface area contributed by atoms with Crippen LogP contribution >= 0.6 is 0 Å². The van der Waals surface area contributed by atoms with E-state index in [1.807, 2.05) is 37.5 Å². The molecule has 0 aliphatic rings. The third kappa shape index (κ3) is 3.37. The molecule has 1 aromatic carbocycles. The van der Waals surface area contributed by atoms with Crippen LogP contribution in [0.4, 0.5) is 11.5 Å². The first-order chi connectivity index (χ1) is 9.22. The lowest BCUT2D eigenvalue weighted by Gasteiger charge is -2.20. The van der Waals surface area contributed by atoms with Crippen molar-refractivity contribution < 1.29 is 4.74 Å². The van der Waals surface area contributed by atoms with Gasteiger partial charge in [0.2, 0.25) is 0 Å². The fourth-order valence-electron chi connectivity index (χ4n) is 1.88. The third-order valence-electron chi connectivity index (χ3n) is 2.99. The molecule has 2 rings (SSSR count). The molecular weight excluding hydrogens is 238 g/mol. The fourth-order valence-corrected chi connectivity index (χ4v) is 1.88. The number of methoxy groups -OCH3 is 1. The van der Waals surface area contributed by atoms with Crippen LogP contribution in [0.1, 0.15) is 5.56 Å². The molecular formula is C15H19N3O. The van der Waals surface area contributed by atoms with Crippen LogP contribution in [0.15, 0.2) is 42.6 Å². The molecule has 4 nitrogen and oxygen atoms in total. The summed E-state index contributed by atoms with van der Waals surface area (Å²) in [7, 11) is 5.60. The summed E-state index contributed by atoms with van der Waals surface area (Å²) in [6.45, 7) is 0.810. The zero-order valence-electron chi connectivity index (χ0n) is 11.6.